The van der Waals surface area contributed by atoms with Crippen molar-refractivity contribution in [3.8, 4) is 0 Å². The number of aromatic nitrogens is 1. The number of fused-ring (bicyclic) bond motifs is 1. The lowest BCUT2D eigenvalue weighted by Crippen LogP contribution is -2.37. The summed E-state index contributed by atoms with van der Waals surface area (Å²) in [7, 11) is 0. The topological polar surface area (TPSA) is 62.2 Å². The van der Waals surface area contributed by atoms with E-state index in [-0.39, 0.29) is 12.3 Å². The first kappa shape index (κ1) is 18.6. The monoisotopic (exact) mass is 374 g/mol. The Bertz CT molecular complexity index is 968. The molecule has 0 atom stereocenters. The van der Waals surface area contributed by atoms with Gasteiger partial charge in [0.15, 0.2) is 0 Å². The standard InChI is InChI=1S/C24H26N2O2/c1-17-6-8-19(9-7-17)26-23(27)16-24(28)13-10-18(11-14-24)20-12-15-25-22-5-3-2-4-21(20)22/h2-9,12,15,18,28H,10-11,13-14,16H2,1H3,(H,26,27). The van der Waals surface area contributed by atoms with E-state index in [2.05, 4.69) is 22.4 Å². The number of para-hydroxylation sites is 1. The van der Waals surface area contributed by atoms with Crippen LogP contribution in [-0.4, -0.2) is 21.6 Å². The van der Waals surface area contributed by atoms with E-state index >= 15 is 0 Å². The number of aliphatic hydroxyl groups is 1. The first-order valence-corrected chi connectivity index (χ1v) is 9.95. The van der Waals surface area contributed by atoms with Crippen molar-refractivity contribution >= 4 is 22.5 Å². The maximum atomic E-state index is 12.4. The summed E-state index contributed by atoms with van der Waals surface area (Å²) in [6.07, 6.45) is 5.04. The molecule has 1 fully saturated rings. The molecule has 144 valence electrons. The average Bonchev–Trinajstić information content (AvgIpc) is 2.70. The highest BCUT2D eigenvalue weighted by atomic mass is 16.3. The Balaban J connectivity index is 1.39. The molecule has 0 spiro atoms. The zero-order valence-corrected chi connectivity index (χ0v) is 16.2. The van der Waals surface area contributed by atoms with Gasteiger partial charge in [0.1, 0.15) is 0 Å². The highest BCUT2D eigenvalue weighted by molar-refractivity contribution is 5.91. The van der Waals surface area contributed by atoms with E-state index in [1.54, 1.807) is 0 Å². The summed E-state index contributed by atoms with van der Waals surface area (Å²) in [5.41, 5.74) is 3.32. The van der Waals surface area contributed by atoms with Crippen LogP contribution in [-0.2, 0) is 4.79 Å². The van der Waals surface area contributed by atoms with Gasteiger partial charge in [-0.2, -0.15) is 0 Å². The number of aryl methyl sites for hydroxylation is 1. The minimum atomic E-state index is -0.923. The van der Waals surface area contributed by atoms with Gasteiger partial charge in [-0.15, -0.1) is 0 Å². The summed E-state index contributed by atoms with van der Waals surface area (Å²) >= 11 is 0. The second kappa shape index (κ2) is 7.72. The fourth-order valence-corrected chi connectivity index (χ4v) is 4.26. The number of anilines is 1. The summed E-state index contributed by atoms with van der Waals surface area (Å²) in [4.78, 5) is 16.9. The van der Waals surface area contributed by atoms with E-state index in [1.165, 1.54) is 10.9 Å². The van der Waals surface area contributed by atoms with E-state index in [0.717, 1.165) is 29.6 Å². The zero-order chi connectivity index (χ0) is 19.6. The zero-order valence-electron chi connectivity index (χ0n) is 16.2. The molecule has 1 heterocycles. The predicted octanol–water partition coefficient (Wildman–Crippen LogP) is 4.96. The maximum absolute atomic E-state index is 12.4. The third kappa shape index (κ3) is 4.07. The molecule has 0 unspecified atom stereocenters. The quantitative estimate of drug-likeness (QED) is 0.678. The number of hydrogen-bond donors (Lipinski definition) is 2. The van der Waals surface area contributed by atoms with Crippen molar-refractivity contribution in [3.05, 3.63) is 71.9 Å². The third-order valence-electron chi connectivity index (χ3n) is 5.86. The first-order valence-electron chi connectivity index (χ1n) is 9.95. The van der Waals surface area contributed by atoms with Crippen LogP contribution in [0.2, 0.25) is 0 Å². The van der Waals surface area contributed by atoms with Crippen LogP contribution in [0.25, 0.3) is 10.9 Å². The van der Waals surface area contributed by atoms with Crippen molar-refractivity contribution in [2.75, 3.05) is 5.32 Å². The largest absolute Gasteiger partial charge is 0.389 e. The molecule has 4 nitrogen and oxygen atoms in total. The smallest absolute Gasteiger partial charge is 0.227 e. The van der Waals surface area contributed by atoms with Gasteiger partial charge in [-0.05, 0) is 68.4 Å². The normalized spacial score (nSPS) is 22.1. The summed E-state index contributed by atoms with van der Waals surface area (Å²) in [5, 5.41) is 15.1. The van der Waals surface area contributed by atoms with Crippen molar-refractivity contribution in [2.24, 2.45) is 0 Å². The SMILES string of the molecule is Cc1ccc(NC(=O)CC2(O)CCC(c3ccnc4ccccc34)CC2)cc1. The molecular formula is C24H26N2O2. The lowest BCUT2D eigenvalue weighted by Gasteiger charge is -2.36. The van der Waals surface area contributed by atoms with Crippen molar-refractivity contribution < 1.29 is 9.90 Å². The van der Waals surface area contributed by atoms with Gasteiger partial charge in [-0.25, -0.2) is 0 Å². The minimum absolute atomic E-state index is 0.126. The second-order valence-corrected chi connectivity index (χ2v) is 8.01. The Morgan fingerprint density at radius 2 is 1.82 bits per heavy atom. The van der Waals surface area contributed by atoms with Gasteiger partial charge >= 0.3 is 0 Å². The maximum Gasteiger partial charge on any atom is 0.227 e. The highest BCUT2D eigenvalue weighted by Gasteiger charge is 2.36. The van der Waals surface area contributed by atoms with E-state index < -0.39 is 5.60 Å². The van der Waals surface area contributed by atoms with Crippen molar-refractivity contribution in [2.45, 2.75) is 50.5 Å². The van der Waals surface area contributed by atoms with Gasteiger partial charge in [0.25, 0.3) is 0 Å². The van der Waals surface area contributed by atoms with Gasteiger partial charge in [0, 0.05) is 17.3 Å². The van der Waals surface area contributed by atoms with Gasteiger partial charge in [-0.3, -0.25) is 9.78 Å². The molecule has 4 heteroatoms. The van der Waals surface area contributed by atoms with Crippen LogP contribution in [0.5, 0.6) is 0 Å². The van der Waals surface area contributed by atoms with Crippen LogP contribution in [0.4, 0.5) is 5.69 Å². The highest BCUT2D eigenvalue weighted by Crippen LogP contribution is 2.41. The molecule has 2 aromatic carbocycles. The Morgan fingerprint density at radius 3 is 2.57 bits per heavy atom. The summed E-state index contributed by atoms with van der Waals surface area (Å²) in [6.45, 7) is 2.01. The van der Waals surface area contributed by atoms with Crippen molar-refractivity contribution in [1.82, 2.24) is 4.98 Å². The number of benzene rings is 2. The molecule has 2 N–H and O–H groups in total. The number of amides is 1. The van der Waals surface area contributed by atoms with E-state index in [4.69, 9.17) is 0 Å². The van der Waals surface area contributed by atoms with Crippen molar-refractivity contribution in [1.29, 1.82) is 0 Å². The number of nitrogens with one attached hydrogen (secondary N) is 1. The molecule has 0 aliphatic heterocycles. The summed E-state index contributed by atoms with van der Waals surface area (Å²) < 4.78 is 0. The molecule has 1 aliphatic carbocycles. The number of pyridine rings is 1. The number of nitrogens with zero attached hydrogens (tertiary/aromatic N) is 1. The fraction of sp³-hybridized carbons (Fsp3) is 0.333. The Hall–Kier alpha value is -2.72. The number of carbonyl (C=O) groups is 1. The molecule has 0 radical (unpaired) electrons. The molecule has 1 saturated carbocycles. The minimum Gasteiger partial charge on any atom is -0.389 e. The Morgan fingerprint density at radius 1 is 1.11 bits per heavy atom. The molecule has 3 aromatic rings. The van der Waals surface area contributed by atoms with E-state index in [9.17, 15) is 9.90 Å². The van der Waals surface area contributed by atoms with Crippen molar-refractivity contribution in [3.63, 3.8) is 0 Å². The van der Waals surface area contributed by atoms with Crippen LogP contribution >= 0.6 is 0 Å². The van der Waals surface area contributed by atoms with E-state index in [1.807, 2.05) is 55.6 Å². The molecule has 1 aromatic heterocycles. The van der Waals surface area contributed by atoms with Gasteiger partial charge in [0.2, 0.25) is 5.91 Å². The fourth-order valence-electron chi connectivity index (χ4n) is 4.26. The predicted molar refractivity (Wildman–Crippen MR) is 112 cm³/mol. The first-order chi connectivity index (χ1) is 13.5. The number of rotatable bonds is 4. The average molecular weight is 374 g/mol. The van der Waals surface area contributed by atoms with Gasteiger partial charge < -0.3 is 10.4 Å². The molecule has 1 aliphatic rings. The molecule has 0 saturated heterocycles. The van der Waals surface area contributed by atoms with Crippen LogP contribution in [0.3, 0.4) is 0 Å². The van der Waals surface area contributed by atoms with E-state index in [0.29, 0.717) is 18.8 Å². The molecule has 0 bridgehead atoms. The molecule has 1 amide bonds. The van der Waals surface area contributed by atoms with Gasteiger partial charge in [-0.1, -0.05) is 35.9 Å². The third-order valence-corrected chi connectivity index (χ3v) is 5.86. The number of hydrogen-bond acceptors (Lipinski definition) is 3. The molecule has 4 rings (SSSR count). The Labute approximate surface area is 165 Å². The van der Waals surface area contributed by atoms with Crippen LogP contribution in [0.1, 0.15) is 49.1 Å². The molecule has 28 heavy (non-hydrogen) atoms. The van der Waals surface area contributed by atoms with Crippen LogP contribution in [0, 0.1) is 6.92 Å². The second-order valence-electron chi connectivity index (χ2n) is 8.01. The number of carbonyl (C=O) groups excluding carboxylic acids is 1. The lowest BCUT2D eigenvalue weighted by molar-refractivity contribution is -0.122. The van der Waals surface area contributed by atoms with Gasteiger partial charge in [0.05, 0.1) is 17.5 Å². The van der Waals surface area contributed by atoms with Crippen LogP contribution < -0.4 is 5.32 Å². The summed E-state index contributed by atoms with van der Waals surface area (Å²) in [6, 6.07) is 18.0. The molecular weight excluding hydrogens is 348 g/mol. The Kier molecular flexibility index (Phi) is 5.14. The van der Waals surface area contributed by atoms with Crippen LogP contribution in [0.15, 0.2) is 60.8 Å². The summed E-state index contributed by atoms with van der Waals surface area (Å²) in [5.74, 6) is 0.271. The lowest BCUT2D eigenvalue weighted by atomic mass is 9.74.